The molecule has 2 atom stereocenters. The topological polar surface area (TPSA) is 35.5 Å². The van der Waals surface area contributed by atoms with Crippen LogP contribution in [0.15, 0.2) is 18.2 Å². The Kier molecular flexibility index (Phi) is 8.60. The second-order valence-electron chi connectivity index (χ2n) is 5.48. The first-order chi connectivity index (χ1) is 9.95. The summed E-state index contributed by atoms with van der Waals surface area (Å²) in [5.41, 5.74) is 1.05. The van der Waals surface area contributed by atoms with Crippen LogP contribution in [0.4, 0.5) is 0 Å². The number of halogens is 2. The number of rotatable bonds is 9. The van der Waals surface area contributed by atoms with Gasteiger partial charge in [0.1, 0.15) is 0 Å². The molecule has 0 saturated heterocycles. The summed E-state index contributed by atoms with van der Waals surface area (Å²) in [6.07, 6.45) is 1.49. The van der Waals surface area contributed by atoms with Gasteiger partial charge in [0.15, 0.2) is 0 Å². The summed E-state index contributed by atoms with van der Waals surface area (Å²) < 4.78 is 0. The van der Waals surface area contributed by atoms with Crippen molar-refractivity contribution in [2.45, 2.75) is 38.8 Å². The minimum atomic E-state index is -0.251. The maximum atomic E-state index is 9.34. The zero-order valence-corrected chi connectivity index (χ0v) is 14.6. The maximum Gasteiger partial charge on any atom is 0.0640 e. The lowest BCUT2D eigenvalue weighted by Crippen LogP contribution is -2.29. The molecule has 0 aliphatic rings. The van der Waals surface area contributed by atoms with E-state index in [0.29, 0.717) is 10.0 Å². The first kappa shape index (κ1) is 18.7. The van der Waals surface area contributed by atoms with Crippen molar-refractivity contribution >= 4 is 23.2 Å². The first-order valence-electron chi connectivity index (χ1n) is 7.49. The lowest BCUT2D eigenvalue weighted by atomic mass is 10.0. The minimum Gasteiger partial charge on any atom is -0.393 e. The molecule has 3 nitrogen and oxygen atoms in total. The minimum absolute atomic E-state index is 0.190. The largest absolute Gasteiger partial charge is 0.393 e. The van der Waals surface area contributed by atoms with E-state index in [2.05, 4.69) is 24.2 Å². The molecule has 0 amide bonds. The van der Waals surface area contributed by atoms with Crippen LogP contribution in [0.1, 0.15) is 38.3 Å². The molecule has 0 aliphatic heterocycles. The molecule has 0 heterocycles. The fraction of sp³-hybridized carbons (Fsp3) is 0.625. The van der Waals surface area contributed by atoms with Crippen LogP contribution in [0.25, 0.3) is 0 Å². The zero-order valence-electron chi connectivity index (χ0n) is 13.1. The fourth-order valence-corrected chi connectivity index (χ4v) is 2.71. The van der Waals surface area contributed by atoms with E-state index in [4.69, 9.17) is 23.2 Å². The summed E-state index contributed by atoms with van der Waals surface area (Å²) in [6.45, 7) is 6.61. The molecule has 2 unspecified atom stereocenters. The Hall–Kier alpha value is -0.320. The molecule has 0 aromatic heterocycles. The average molecular weight is 333 g/mol. The van der Waals surface area contributed by atoms with Crippen molar-refractivity contribution in [1.29, 1.82) is 0 Å². The predicted octanol–water partition coefficient (Wildman–Crippen LogP) is 3.74. The van der Waals surface area contributed by atoms with Gasteiger partial charge in [0.05, 0.1) is 16.1 Å². The summed E-state index contributed by atoms with van der Waals surface area (Å²) in [5, 5.41) is 14.0. The van der Waals surface area contributed by atoms with E-state index < -0.39 is 0 Å². The van der Waals surface area contributed by atoms with E-state index in [0.717, 1.165) is 38.0 Å². The fourth-order valence-electron chi connectivity index (χ4n) is 2.27. The number of nitrogens with one attached hydrogen (secondary N) is 1. The van der Waals surface area contributed by atoms with Crippen LogP contribution in [0, 0.1) is 0 Å². The molecule has 0 saturated carbocycles. The van der Waals surface area contributed by atoms with E-state index in [9.17, 15) is 5.11 Å². The molecule has 0 radical (unpaired) electrons. The Balaban J connectivity index is 2.63. The number of aliphatic hydroxyl groups excluding tert-OH is 1. The summed E-state index contributed by atoms with van der Waals surface area (Å²) in [5.74, 6) is 0. The molecule has 0 aliphatic carbocycles. The highest BCUT2D eigenvalue weighted by molar-refractivity contribution is 6.42. The maximum absolute atomic E-state index is 9.34. The highest BCUT2D eigenvalue weighted by Crippen LogP contribution is 2.31. The average Bonchev–Trinajstić information content (AvgIpc) is 2.44. The number of benzene rings is 1. The van der Waals surface area contributed by atoms with Crippen LogP contribution >= 0.6 is 23.2 Å². The van der Waals surface area contributed by atoms with Crippen molar-refractivity contribution < 1.29 is 5.11 Å². The van der Waals surface area contributed by atoms with Crippen LogP contribution in [-0.2, 0) is 0 Å². The third-order valence-electron chi connectivity index (χ3n) is 3.54. The number of nitrogens with zero attached hydrogens (tertiary/aromatic N) is 1. The third-order valence-corrected chi connectivity index (χ3v) is 4.37. The molecule has 0 bridgehead atoms. The molecule has 0 spiro atoms. The number of hydrogen-bond donors (Lipinski definition) is 2. The molecule has 2 N–H and O–H groups in total. The predicted molar refractivity (Wildman–Crippen MR) is 91.3 cm³/mol. The van der Waals surface area contributed by atoms with E-state index >= 15 is 0 Å². The Morgan fingerprint density at radius 2 is 1.90 bits per heavy atom. The van der Waals surface area contributed by atoms with Gasteiger partial charge in [0, 0.05) is 12.6 Å². The molecule has 1 rings (SSSR count). The number of aliphatic hydroxyl groups is 1. The lowest BCUT2D eigenvalue weighted by molar-refractivity contribution is 0.163. The Morgan fingerprint density at radius 1 is 1.24 bits per heavy atom. The molecule has 5 heteroatoms. The van der Waals surface area contributed by atoms with Gasteiger partial charge in [0.25, 0.3) is 0 Å². The second-order valence-corrected chi connectivity index (χ2v) is 6.27. The van der Waals surface area contributed by atoms with Crippen LogP contribution < -0.4 is 5.32 Å². The first-order valence-corrected chi connectivity index (χ1v) is 8.25. The smallest absolute Gasteiger partial charge is 0.0640 e. The Morgan fingerprint density at radius 3 is 2.52 bits per heavy atom. The van der Waals surface area contributed by atoms with Crippen LogP contribution in [0.5, 0.6) is 0 Å². The van der Waals surface area contributed by atoms with Gasteiger partial charge in [-0.25, -0.2) is 0 Å². The standard InChI is InChI=1S/C16H26Cl2N2O/c1-4-19-15(9-11-20(3)10-8-12(2)21)13-6-5-7-14(17)16(13)18/h5-7,12,15,19,21H,4,8-11H2,1-3H3. The molecular weight excluding hydrogens is 307 g/mol. The Labute approximate surface area is 138 Å². The van der Waals surface area contributed by atoms with Crippen molar-refractivity contribution in [3.8, 4) is 0 Å². The zero-order chi connectivity index (χ0) is 15.8. The molecule has 21 heavy (non-hydrogen) atoms. The van der Waals surface area contributed by atoms with Gasteiger partial charge in [-0.15, -0.1) is 0 Å². The van der Waals surface area contributed by atoms with Crippen molar-refractivity contribution in [3.63, 3.8) is 0 Å². The van der Waals surface area contributed by atoms with Gasteiger partial charge in [-0.1, -0.05) is 42.3 Å². The van der Waals surface area contributed by atoms with Crippen LogP contribution in [-0.4, -0.2) is 42.8 Å². The van der Waals surface area contributed by atoms with Crippen molar-refractivity contribution in [1.82, 2.24) is 10.2 Å². The SMILES string of the molecule is CCNC(CCN(C)CCC(C)O)c1cccc(Cl)c1Cl. The molecule has 120 valence electrons. The van der Waals surface area contributed by atoms with Gasteiger partial charge >= 0.3 is 0 Å². The monoisotopic (exact) mass is 332 g/mol. The van der Waals surface area contributed by atoms with Gasteiger partial charge in [-0.3, -0.25) is 0 Å². The summed E-state index contributed by atoms with van der Waals surface area (Å²) in [7, 11) is 2.07. The van der Waals surface area contributed by atoms with E-state index in [-0.39, 0.29) is 12.1 Å². The van der Waals surface area contributed by atoms with Gasteiger partial charge in [-0.2, -0.15) is 0 Å². The third kappa shape index (κ3) is 6.54. The van der Waals surface area contributed by atoms with Gasteiger partial charge in [-0.05, 0) is 51.5 Å². The van der Waals surface area contributed by atoms with Gasteiger partial charge in [0.2, 0.25) is 0 Å². The quantitative estimate of drug-likeness (QED) is 0.723. The van der Waals surface area contributed by atoms with Crippen LogP contribution in [0.2, 0.25) is 10.0 Å². The Bertz CT molecular complexity index is 427. The summed E-state index contributed by atoms with van der Waals surface area (Å²) >= 11 is 12.4. The lowest BCUT2D eigenvalue weighted by Gasteiger charge is -2.24. The second kappa shape index (κ2) is 9.65. The number of hydrogen-bond acceptors (Lipinski definition) is 3. The molecular formula is C16H26Cl2N2O. The summed E-state index contributed by atoms with van der Waals surface area (Å²) in [4.78, 5) is 2.23. The van der Waals surface area contributed by atoms with E-state index in [1.54, 1.807) is 0 Å². The van der Waals surface area contributed by atoms with E-state index in [1.807, 2.05) is 25.1 Å². The van der Waals surface area contributed by atoms with Crippen LogP contribution in [0.3, 0.4) is 0 Å². The van der Waals surface area contributed by atoms with Crippen molar-refractivity contribution in [3.05, 3.63) is 33.8 Å². The molecule has 1 aromatic rings. The van der Waals surface area contributed by atoms with Crippen molar-refractivity contribution in [2.75, 3.05) is 26.7 Å². The molecule has 0 fully saturated rings. The van der Waals surface area contributed by atoms with Crippen molar-refractivity contribution in [2.24, 2.45) is 0 Å². The van der Waals surface area contributed by atoms with E-state index in [1.165, 1.54) is 0 Å². The highest BCUT2D eigenvalue weighted by Gasteiger charge is 2.16. The highest BCUT2D eigenvalue weighted by atomic mass is 35.5. The van der Waals surface area contributed by atoms with Gasteiger partial charge < -0.3 is 15.3 Å². The molecule has 1 aromatic carbocycles. The normalized spacial score (nSPS) is 14.4. The summed E-state index contributed by atoms with van der Waals surface area (Å²) in [6, 6.07) is 5.96.